The van der Waals surface area contributed by atoms with E-state index in [2.05, 4.69) is 33.4 Å². The average molecular weight is 341 g/mol. The van der Waals surface area contributed by atoms with Gasteiger partial charge in [0.05, 0.1) is 6.61 Å². The van der Waals surface area contributed by atoms with Crippen LogP contribution in [-0.4, -0.2) is 44.3 Å². The van der Waals surface area contributed by atoms with Crippen LogP contribution in [0.3, 0.4) is 0 Å². The predicted molar refractivity (Wildman–Crippen MR) is 82.8 cm³/mol. The van der Waals surface area contributed by atoms with Gasteiger partial charge in [0.15, 0.2) is 0 Å². The van der Waals surface area contributed by atoms with Gasteiger partial charge in [0.1, 0.15) is 0 Å². The molecule has 1 saturated heterocycles. The first-order valence-corrected chi connectivity index (χ1v) is 7.75. The molecule has 0 aliphatic carbocycles. The van der Waals surface area contributed by atoms with E-state index in [0.29, 0.717) is 19.0 Å². The van der Waals surface area contributed by atoms with Crippen LogP contribution in [0.4, 0.5) is 4.79 Å². The molecule has 4 nitrogen and oxygen atoms in total. The minimum Gasteiger partial charge on any atom is -0.381 e. The van der Waals surface area contributed by atoms with E-state index >= 15 is 0 Å². The van der Waals surface area contributed by atoms with Crippen LogP contribution in [0.2, 0.25) is 0 Å². The number of urea groups is 1. The van der Waals surface area contributed by atoms with Crippen molar-refractivity contribution in [2.45, 2.75) is 12.8 Å². The molecule has 1 heterocycles. The third-order valence-corrected chi connectivity index (χ3v) is 4.09. The highest BCUT2D eigenvalue weighted by molar-refractivity contribution is 9.10. The standard InChI is InChI=1S/C15H21BrN2O2/c1-18(8-6-12-2-4-14(16)5-3-12)15(19)17-10-13-7-9-20-11-13/h2-5,13H,6-11H2,1H3,(H,17,19)/t13-/m1/s1. The molecule has 1 aromatic rings. The summed E-state index contributed by atoms with van der Waals surface area (Å²) in [5.74, 6) is 0.471. The molecule has 20 heavy (non-hydrogen) atoms. The number of ether oxygens (including phenoxy) is 1. The molecule has 1 atom stereocenters. The second-order valence-electron chi connectivity index (χ2n) is 5.21. The zero-order valence-electron chi connectivity index (χ0n) is 11.8. The largest absolute Gasteiger partial charge is 0.381 e. The summed E-state index contributed by atoms with van der Waals surface area (Å²) in [5, 5.41) is 2.97. The Labute approximate surface area is 128 Å². The Kier molecular flexibility index (Phi) is 5.86. The van der Waals surface area contributed by atoms with E-state index in [-0.39, 0.29) is 6.03 Å². The quantitative estimate of drug-likeness (QED) is 0.895. The fourth-order valence-electron chi connectivity index (χ4n) is 2.16. The van der Waals surface area contributed by atoms with Gasteiger partial charge in [-0.15, -0.1) is 0 Å². The number of nitrogens with zero attached hydrogens (tertiary/aromatic N) is 1. The Morgan fingerprint density at radius 2 is 2.20 bits per heavy atom. The first-order chi connectivity index (χ1) is 9.65. The maximum atomic E-state index is 11.9. The highest BCUT2D eigenvalue weighted by Gasteiger charge is 2.17. The van der Waals surface area contributed by atoms with Crippen molar-refractivity contribution in [2.24, 2.45) is 5.92 Å². The van der Waals surface area contributed by atoms with E-state index in [4.69, 9.17) is 4.74 Å². The maximum Gasteiger partial charge on any atom is 0.317 e. The van der Waals surface area contributed by atoms with Gasteiger partial charge in [-0.2, -0.15) is 0 Å². The van der Waals surface area contributed by atoms with Gasteiger partial charge >= 0.3 is 6.03 Å². The number of carbonyl (C=O) groups is 1. The first kappa shape index (κ1) is 15.3. The highest BCUT2D eigenvalue weighted by atomic mass is 79.9. The lowest BCUT2D eigenvalue weighted by molar-refractivity contribution is 0.182. The summed E-state index contributed by atoms with van der Waals surface area (Å²) in [7, 11) is 1.83. The highest BCUT2D eigenvalue weighted by Crippen LogP contribution is 2.12. The van der Waals surface area contributed by atoms with Crippen LogP contribution < -0.4 is 5.32 Å². The van der Waals surface area contributed by atoms with Gasteiger partial charge in [-0.1, -0.05) is 28.1 Å². The molecule has 1 N–H and O–H groups in total. The summed E-state index contributed by atoms with van der Waals surface area (Å²) in [6.45, 7) is 3.01. The lowest BCUT2D eigenvalue weighted by Crippen LogP contribution is -2.40. The molecule has 0 aromatic heterocycles. The van der Waals surface area contributed by atoms with Crippen LogP contribution in [0.5, 0.6) is 0 Å². The monoisotopic (exact) mass is 340 g/mol. The lowest BCUT2D eigenvalue weighted by atomic mass is 10.1. The van der Waals surface area contributed by atoms with Crippen molar-refractivity contribution in [1.29, 1.82) is 0 Å². The van der Waals surface area contributed by atoms with Gasteiger partial charge in [-0.3, -0.25) is 0 Å². The summed E-state index contributed by atoms with van der Waals surface area (Å²) < 4.78 is 6.37. The summed E-state index contributed by atoms with van der Waals surface area (Å²) >= 11 is 3.42. The molecular formula is C15H21BrN2O2. The van der Waals surface area contributed by atoms with Crippen molar-refractivity contribution < 1.29 is 9.53 Å². The van der Waals surface area contributed by atoms with E-state index in [1.165, 1.54) is 5.56 Å². The number of hydrogen-bond acceptors (Lipinski definition) is 2. The van der Waals surface area contributed by atoms with Crippen molar-refractivity contribution in [3.05, 3.63) is 34.3 Å². The van der Waals surface area contributed by atoms with Gasteiger partial charge in [0.25, 0.3) is 0 Å². The van der Waals surface area contributed by atoms with Crippen LogP contribution in [-0.2, 0) is 11.2 Å². The zero-order valence-corrected chi connectivity index (χ0v) is 13.4. The normalized spacial score (nSPS) is 18.0. The Hall–Kier alpha value is -1.07. The van der Waals surface area contributed by atoms with Crippen LogP contribution in [0.25, 0.3) is 0 Å². The lowest BCUT2D eigenvalue weighted by Gasteiger charge is -2.19. The van der Waals surface area contributed by atoms with E-state index in [1.54, 1.807) is 4.90 Å². The van der Waals surface area contributed by atoms with Crippen LogP contribution in [0.1, 0.15) is 12.0 Å². The van der Waals surface area contributed by atoms with E-state index in [0.717, 1.165) is 30.5 Å². The number of likely N-dealkylation sites (N-methyl/N-ethyl adjacent to an activating group) is 1. The number of halogens is 1. The molecule has 0 unspecified atom stereocenters. The third-order valence-electron chi connectivity index (χ3n) is 3.56. The third kappa shape index (κ3) is 4.80. The van der Waals surface area contributed by atoms with Crippen molar-refractivity contribution in [2.75, 3.05) is 33.4 Å². The summed E-state index contributed by atoms with van der Waals surface area (Å²) in [5.41, 5.74) is 1.23. The molecule has 1 aliphatic rings. The van der Waals surface area contributed by atoms with Crippen molar-refractivity contribution in [3.8, 4) is 0 Å². The van der Waals surface area contributed by atoms with E-state index in [9.17, 15) is 4.79 Å². The number of benzene rings is 1. The molecule has 2 rings (SSSR count). The summed E-state index contributed by atoms with van der Waals surface area (Å²) in [6, 6.07) is 8.19. The van der Waals surface area contributed by atoms with Gasteiger partial charge < -0.3 is 15.0 Å². The van der Waals surface area contributed by atoms with Crippen molar-refractivity contribution in [1.82, 2.24) is 10.2 Å². The van der Waals surface area contributed by atoms with E-state index < -0.39 is 0 Å². The topological polar surface area (TPSA) is 41.6 Å². The average Bonchev–Trinajstić information content (AvgIpc) is 2.97. The second kappa shape index (κ2) is 7.64. The zero-order chi connectivity index (χ0) is 14.4. The fourth-order valence-corrected chi connectivity index (χ4v) is 2.42. The summed E-state index contributed by atoms with van der Waals surface area (Å²) in [6.07, 6.45) is 1.91. The maximum absolute atomic E-state index is 11.9. The Morgan fingerprint density at radius 3 is 2.85 bits per heavy atom. The van der Waals surface area contributed by atoms with Gasteiger partial charge in [-0.25, -0.2) is 4.79 Å². The molecule has 0 spiro atoms. The number of amides is 2. The minimum atomic E-state index is -0.00554. The molecule has 0 bridgehead atoms. The Bertz CT molecular complexity index is 430. The molecule has 5 heteroatoms. The first-order valence-electron chi connectivity index (χ1n) is 6.96. The number of nitrogens with one attached hydrogen (secondary N) is 1. The van der Waals surface area contributed by atoms with Crippen LogP contribution in [0.15, 0.2) is 28.7 Å². The fraction of sp³-hybridized carbons (Fsp3) is 0.533. The van der Waals surface area contributed by atoms with Gasteiger partial charge in [0, 0.05) is 37.1 Å². The van der Waals surface area contributed by atoms with Crippen molar-refractivity contribution in [3.63, 3.8) is 0 Å². The van der Waals surface area contributed by atoms with E-state index in [1.807, 2.05) is 19.2 Å². The van der Waals surface area contributed by atoms with Crippen LogP contribution >= 0.6 is 15.9 Å². The molecule has 1 aromatic carbocycles. The SMILES string of the molecule is CN(CCc1ccc(Br)cc1)C(=O)NC[C@H]1CCOC1. The molecule has 0 saturated carbocycles. The summed E-state index contributed by atoms with van der Waals surface area (Å²) in [4.78, 5) is 13.7. The second-order valence-corrected chi connectivity index (χ2v) is 6.13. The molecule has 2 amide bonds. The molecule has 0 radical (unpaired) electrons. The number of rotatable bonds is 5. The van der Waals surface area contributed by atoms with Crippen LogP contribution in [0, 0.1) is 5.92 Å². The minimum absolute atomic E-state index is 0.00554. The predicted octanol–water partition coefficient (Wildman–Crippen LogP) is 2.67. The Morgan fingerprint density at radius 1 is 1.45 bits per heavy atom. The van der Waals surface area contributed by atoms with Crippen molar-refractivity contribution >= 4 is 22.0 Å². The molecule has 1 fully saturated rings. The van der Waals surface area contributed by atoms with Gasteiger partial charge in [-0.05, 0) is 30.5 Å². The molecule has 1 aliphatic heterocycles. The Balaban J connectivity index is 1.69. The van der Waals surface area contributed by atoms with Gasteiger partial charge in [0.2, 0.25) is 0 Å². The smallest absolute Gasteiger partial charge is 0.317 e. The number of hydrogen-bond donors (Lipinski definition) is 1. The molecule has 110 valence electrons. The number of carbonyl (C=O) groups excluding carboxylic acids is 1. The molecular weight excluding hydrogens is 320 g/mol.